The van der Waals surface area contributed by atoms with Crippen LogP contribution in [0.5, 0.6) is 0 Å². The van der Waals surface area contributed by atoms with Gasteiger partial charge in [0.2, 0.25) is 5.91 Å². The van der Waals surface area contributed by atoms with Crippen LogP contribution >= 0.6 is 15.9 Å². The second kappa shape index (κ2) is 5.30. The van der Waals surface area contributed by atoms with E-state index in [1.807, 2.05) is 32.0 Å². The summed E-state index contributed by atoms with van der Waals surface area (Å²) in [5.74, 6) is 0.765. The van der Waals surface area contributed by atoms with Crippen molar-refractivity contribution in [3.8, 4) is 0 Å². The van der Waals surface area contributed by atoms with E-state index in [1.54, 1.807) is 7.05 Å². The number of carbonyl (C=O) groups excluding carboxylic acids is 1. The Hall–Kier alpha value is -1.10. The number of rotatable bonds is 4. The Labute approximate surface area is 104 Å². The number of pyridine rings is 1. The van der Waals surface area contributed by atoms with Crippen LogP contribution in [0.1, 0.15) is 13.8 Å². The van der Waals surface area contributed by atoms with Gasteiger partial charge in [0.15, 0.2) is 0 Å². The van der Waals surface area contributed by atoms with Gasteiger partial charge in [-0.1, -0.05) is 6.07 Å². The first kappa shape index (κ1) is 13.0. The summed E-state index contributed by atoms with van der Waals surface area (Å²) in [6.07, 6.45) is 0. The molecule has 1 amide bonds. The summed E-state index contributed by atoms with van der Waals surface area (Å²) in [6.45, 7) is 4.31. The summed E-state index contributed by atoms with van der Waals surface area (Å²) < 4.78 is 0.773. The smallest absolute Gasteiger partial charge is 0.227 e. The molecule has 1 heterocycles. The fraction of sp³-hybridized carbons (Fsp3) is 0.455. The molecule has 0 saturated carbocycles. The van der Waals surface area contributed by atoms with Gasteiger partial charge in [0.25, 0.3) is 0 Å². The van der Waals surface area contributed by atoms with Crippen LogP contribution in [0.2, 0.25) is 0 Å². The average Bonchev–Trinajstić information content (AvgIpc) is 2.25. The van der Waals surface area contributed by atoms with Crippen LogP contribution in [0.25, 0.3) is 0 Å². The number of halogens is 1. The first-order valence-electron chi connectivity index (χ1n) is 5.04. The fourth-order valence-electron chi connectivity index (χ4n) is 1.24. The maximum atomic E-state index is 11.5. The molecule has 0 saturated heterocycles. The van der Waals surface area contributed by atoms with Crippen molar-refractivity contribution in [1.29, 1.82) is 0 Å². The predicted octanol–water partition coefficient (Wildman–Crippen LogP) is 2.03. The molecule has 0 radical (unpaired) electrons. The molecule has 0 spiro atoms. The van der Waals surface area contributed by atoms with Crippen LogP contribution in [-0.4, -0.2) is 24.5 Å². The molecule has 0 fully saturated rings. The monoisotopic (exact) mass is 285 g/mol. The maximum Gasteiger partial charge on any atom is 0.227 e. The van der Waals surface area contributed by atoms with Gasteiger partial charge in [-0.25, -0.2) is 4.98 Å². The largest absolute Gasteiger partial charge is 0.369 e. The van der Waals surface area contributed by atoms with Crippen LogP contribution in [0, 0.1) is 5.41 Å². The first-order valence-corrected chi connectivity index (χ1v) is 5.83. The number of anilines is 1. The first-order chi connectivity index (χ1) is 7.45. The zero-order valence-corrected chi connectivity index (χ0v) is 11.3. The summed E-state index contributed by atoms with van der Waals surface area (Å²) in [4.78, 5) is 15.8. The minimum absolute atomic E-state index is 0.00926. The predicted molar refractivity (Wildman–Crippen MR) is 68.3 cm³/mol. The summed E-state index contributed by atoms with van der Waals surface area (Å²) in [7, 11) is 1.64. The molecule has 2 N–H and O–H groups in total. The van der Waals surface area contributed by atoms with Crippen molar-refractivity contribution < 1.29 is 4.79 Å². The minimum atomic E-state index is -0.460. The lowest BCUT2D eigenvalue weighted by molar-refractivity contribution is -0.128. The van der Waals surface area contributed by atoms with E-state index in [4.69, 9.17) is 0 Å². The number of hydrogen-bond acceptors (Lipinski definition) is 3. The van der Waals surface area contributed by atoms with Gasteiger partial charge in [0.1, 0.15) is 10.4 Å². The second-order valence-corrected chi connectivity index (χ2v) is 4.97. The summed E-state index contributed by atoms with van der Waals surface area (Å²) >= 11 is 3.29. The number of hydrogen-bond donors (Lipinski definition) is 2. The van der Waals surface area contributed by atoms with Crippen LogP contribution in [0.3, 0.4) is 0 Å². The van der Waals surface area contributed by atoms with E-state index in [0.29, 0.717) is 6.54 Å². The molecule has 16 heavy (non-hydrogen) atoms. The molecule has 88 valence electrons. The standard InChI is InChI=1S/C11H16BrN3O/c1-11(2,10(16)13-3)7-14-9-6-4-5-8(12)15-9/h4-6H,7H2,1-3H3,(H,13,16)(H,14,15). The molecule has 0 bridgehead atoms. The molecule has 0 atom stereocenters. The van der Waals surface area contributed by atoms with E-state index >= 15 is 0 Å². The quantitative estimate of drug-likeness (QED) is 0.833. The fourth-order valence-corrected chi connectivity index (χ4v) is 1.58. The summed E-state index contributed by atoms with van der Waals surface area (Å²) in [5.41, 5.74) is -0.460. The maximum absolute atomic E-state index is 11.5. The van der Waals surface area contributed by atoms with Gasteiger partial charge in [-0.3, -0.25) is 4.79 Å². The van der Waals surface area contributed by atoms with Crippen LogP contribution in [0.15, 0.2) is 22.8 Å². The topological polar surface area (TPSA) is 54.0 Å². The van der Waals surface area contributed by atoms with Gasteiger partial charge in [0, 0.05) is 13.6 Å². The lowest BCUT2D eigenvalue weighted by atomic mass is 9.92. The molecule has 0 aliphatic rings. The van der Waals surface area contributed by atoms with Crippen molar-refractivity contribution in [3.05, 3.63) is 22.8 Å². The highest BCUT2D eigenvalue weighted by Crippen LogP contribution is 2.17. The highest BCUT2D eigenvalue weighted by molar-refractivity contribution is 9.10. The van der Waals surface area contributed by atoms with E-state index in [1.165, 1.54) is 0 Å². The molecule has 1 aromatic heterocycles. The van der Waals surface area contributed by atoms with Crippen molar-refractivity contribution in [2.45, 2.75) is 13.8 Å². The number of nitrogens with zero attached hydrogens (tertiary/aromatic N) is 1. The van der Waals surface area contributed by atoms with Crippen molar-refractivity contribution in [1.82, 2.24) is 10.3 Å². The lowest BCUT2D eigenvalue weighted by Gasteiger charge is -2.23. The van der Waals surface area contributed by atoms with Gasteiger partial charge in [0.05, 0.1) is 5.41 Å². The Morgan fingerprint density at radius 3 is 2.75 bits per heavy atom. The van der Waals surface area contributed by atoms with Crippen molar-refractivity contribution in [3.63, 3.8) is 0 Å². The van der Waals surface area contributed by atoms with Gasteiger partial charge in [-0.05, 0) is 41.9 Å². The summed E-state index contributed by atoms with van der Waals surface area (Å²) in [6, 6.07) is 5.62. The van der Waals surface area contributed by atoms with Crippen LogP contribution in [0.4, 0.5) is 5.82 Å². The third-order valence-electron chi connectivity index (χ3n) is 2.27. The number of aromatic nitrogens is 1. The van der Waals surface area contributed by atoms with Crippen molar-refractivity contribution in [2.24, 2.45) is 5.41 Å². The zero-order valence-electron chi connectivity index (χ0n) is 9.67. The molecule has 1 aromatic rings. The molecular formula is C11H16BrN3O. The van der Waals surface area contributed by atoms with Crippen molar-refractivity contribution >= 4 is 27.7 Å². The van der Waals surface area contributed by atoms with Gasteiger partial charge < -0.3 is 10.6 Å². The summed E-state index contributed by atoms with van der Waals surface area (Å²) in [5, 5.41) is 5.78. The van der Waals surface area contributed by atoms with E-state index in [-0.39, 0.29) is 5.91 Å². The molecule has 1 rings (SSSR count). The molecule has 0 aliphatic heterocycles. The molecule has 5 heteroatoms. The zero-order chi connectivity index (χ0) is 12.2. The van der Waals surface area contributed by atoms with Gasteiger partial charge in [-0.15, -0.1) is 0 Å². The highest BCUT2D eigenvalue weighted by Gasteiger charge is 2.26. The van der Waals surface area contributed by atoms with Gasteiger partial charge in [-0.2, -0.15) is 0 Å². The molecule has 0 aliphatic carbocycles. The van der Waals surface area contributed by atoms with Crippen molar-refractivity contribution in [2.75, 3.05) is 18.9 Å². The molecule has 4 nitrogen and oxygen atoms in total. The Morgan fingerprint density at radius 1 is 1.50 bits per heavy atom. The highest BCUT2D eigenvalue weighted by atomic mass is 79.9. The van der Waals surface area contributed by atoms with Gasteiger partial charge >= 0.3 is 0 Å². The average molecular weight is 286 g/mol. The second-order valence-electron chi connectivity index (χ2n) is 4.16. The Balaban J connectivity index is 2.61. The normalized spacial score (nSPS) is 11.0. The van der Waals surface area contributed by atoms with E-state index in [0.717, 1.165) is 10.4 Å². The number of amides is 1. The van der Waals surface area contributed by atoms with Crippen LogP contribution < -0.4 is 10.6 Å². The molecular weight excluding hydrogens is 270 g/mol. The van der Waals surface area contributed by atoms with E-state index in [2.05, 4.69) is 31.5 Å². The van der Waals surface area contributed by atoms with E-state index < -0.39 is 5.41 Å². The third-order valence-corrected chi connectivity index (χ3v) is 2.71. The molecule has 0 aromatic carbocycles. The third kappa shape index (κ3) is 3.48. The SMILES string of the molecule is CNC(=O)C(C)(C)CNc1cccc(Br)n1. The Morgan fingerprint density at radius 2 is 2.19 bits per heavy atom. The number of nitrogens with one attached hydrogen (secondary N) is 2. The Bertz CT molecular complexity index is 379. The Kier molecular flexibility index (Phi) is 4.29. The minimum Gasteiger partial charge on any atom is -0.369 e. The number of carbonyl (C=O) groups is 1. The van der Waals surface area contributed by atoms with Crippen LogP contribution in [-0.2, 0) is 4.79 Å². The molecule has 0 unspecified atom stereocenters. The van der Waals surface area contributed by atoms with E-state index in [9.17, 15) is 4.79 Å². The lowest BCUT2D eigenvalue weighted by Crippen LogP contribution is -2.39.